The number of carboxylic acid groups (broad SMARTS) is 1. The molecule has 0 unspecified atom stereocenters. The number of phenols is 2. The lowest BCUT2D eigenvalue weighted by Crippen LogP contribution is -2.14. The molecule has 6 nitrogen and oxygen atoms in total. The number of nitrogens with one attached hydrogen (secondary N) is 1. The average Bonchev–Trinajstić information content (AvgIpc) is 3.06. The summed E-state index contributed by atoms with van der Waals surface area (Å²) in [4.78, 5) is 24.8. The van der Waals surface area contributed by atoms with Crippen LogP contribution in [0.15, 0.2) is 54.6 Å². The Morgan fingerprint density at radius 1 is 0.926 bits per heavy atom. The van der Waals surface area contributed by atoms with Crippen LogP contribution in [0.3, 0.4) is 0 Å². The summed E-state index contributed by atoms with van der Waals surface area (Å²) < 4.78 is 0. The minimum atomic E-state index is -0.887. The number of anilines is 1. The van der Waals surface area contributed by atoms with Crippen LogP contribution >= 0.6 is 11.3 Å². The van der Waals surface area contributed by atoms with Gasteiger partial charge in [-0.3, -0.25) is 9.59 Å². The third-order valence-corrected chi connectivity index (χ3v) is 4.98. The maximum absolute atomic E-state index is 12.4. The van der Waals surface area contributed by atoms with Crippen LogP contribution in [0.4, 0.5) is 5.69 Å². The molecule has 1 heterocycles. The Hall–Kier alpha value is -3.32. The zero-order valence-electron chi connectivity index (χ0n) is 14.2. The van der Waals surface area contributed by atoms with Crippen molar-refractivity contribution in [2.75, 3.05) is 5.32 Å². The van der Waals surface area contributed by atoms with Crippen molar-refractivity contribution in [2.24, 2.45) is 0 Å². The van der Waals surface area contributed by atoms with Crippen LogP contribution in [-0.2, 0) is 22.4 Å². The Morgan fingerprint density at radius 3 is 2.44 bits per heavy atom. The number of benzene rings is 2. The van der Waals surface area contributed by atoms with Gasteiger partial charge in [-0.05, 0) is 35.9 Å². The first-order chi connectivity index (χ1) is 12.9. The summed E-state index contributed by atoms with van der Waals surface area (Å²) in [6.07, 6.45) is 0.000414. The minimum absolute atomic E-state index is 0.0382. The van der Waals surface area contributed by atoms with Gasteiger partial charge in [0.25, 0.3) is 0 Å². The Morgan fingerprint density at radius 2 is 1.70 bits per heavy atom. The lowest BCUT2D eigenvalue weighted by Gasteiger charge is -2.10. The summed E-state index contributed by atoms with van der Waals surface area (Å²) in [5, 5.41) is 30.6. The van der Waals surface area contributed by atoms with Gasteiger partial charge in [0, 0.05) is 21.0 Å². The van der Waals surface area contributed by atoms with E-state index in [0.29, 0.717) is 11.3 Å². The van der Waals surface area contributed by atoms with Crippen molar-refractivity contribution < 1.29 is 24.9 Å². The highest BCUT2D eigenvalue weighted by Crippen LogP contribution is 2.34. The molecule has 1 aromatic heterocycles. The van der Waals surface area contributed by atoms with Crippen molar-refractivity contribution in [3.8, 4) is 21.9 Å². The fourth-order valence-electron chi connectivity index (χ4n) is 2.63. The molecule has 3 rings (SSSR count). The highest BCUT2D eigenvalue weighted by Gasteiger charge is 2.12. The Bertz CT molecular complexity index is 996. The lowest BCUT2D eigenvalue weighted by molar-refractivity contribution is -0.136. The zero-order valence-corrected chi connectivity index (χ0v) is 15.0. The van der Waals surface area contributed by atoms with E-state index in [1.165, 1.54) is 23.5 Å². The fraction of sp³-hybridized carbons (Fsp3) is 0.100. The van der Waals surface area contributed by atoms with Crippen LogP contribution in [0, 0.1) is 0 Å². The second-order valence-electron chi connectivity index (χ2n) is 5.93. The number of phenolic OH excluding ortho intramolecular Hbond substituents is 2. The van der Waals surface area contributed by atoms with Gasteiger partial charge in [0.2, 0.25) is 5.91 Å². The molecule has 2 aromatic carbocycles. The van der Waals surface area contributed by atoms with E-state index in [9.17, 15) is 19.8 Å². The maximum atomic E-state index is 12.4. The highest BCUT2D eigenvalue weighted by atomic mass is 32.1. The van der Waals surface area contributed by atoms with E-state index >= 15 is 0 Å². The normalized spacial score (nSPS) is 10.5. The second kappa shape index (κ2) is 7.92. The standard InChI is InChI=1S/C20H17NO5S/c22-16-7-5-12(9-17(16)23)10-19(24)21-15-4-2-1-3-14(15)18-8-6-13(27-18)11-20(25)26/h1-9,22-23H,10-11H2,(H,21,24)(H,25,26). The highest BCUT2D eigenvalue weighted by molar-refractivity contribution is 7.15. The number of carbonyl (C=O) groups excluding carboxylic acids is 1. The molecule has 27 heavy (non-hydrogen) atoms. The molecule has 0 aliphatic carbocycles. The van der Waals surface area contributed by atoms with Crippen molar-refractivity contribution in [3.63, 3.8) is 0 Å². The first kappa shape index (κ1) is 18.5. The number of para-hydroxylation sites is 1. The smallest absolute Gasteiger partial charge is 0.308 e. The monoisotopic (exact) mass is 383 g/mol. The summed E-state index contributed by atoms with van der Waals surface area (Å²) in [7, 11) is 0. The Balaban J connectivity index is 1.77. The quantitative estimate of drug-likeness (QED) is 0.486. The van der Waals surface area contributed by atoms with Crippen molar-refractivity contribution in [2.45, 2.75) is 12.8 Å². The number of amides is 1. The molecule has 3 aromatic rings. The molecule has 4 N–H and O–H groups in total. The predicted molar refractivity (Wildman–Crippen MR) is 103 cm³/mol. The summed E-state index contributed by atoms with van der Waals surface area (Å²) in [5.41, 5.74) is 2.00. The largest absolute Gasteiger partial charge is 0.504 e. The van der Waals surface area contributed by atoms with Crippen LogP contribution in [0.1, 0.15) is 10.4 Å². The molecule has 0 atom stereocenters. The molecule has 7 heteroatoms. The first-order valence-electron chi connectivity index (χ1n) is 8.13. The van der Waals surface area contributed by atoms with Crippen molar-refractivity contribution in [3.05, 3.63) is 65.0 Å². The number of carboxylic acids is 1. The minimum Gasteiger partial charge on any atom is -0.504 e. The number of carbonyl (C=O) groups is 2. The predicted octanol–water partition coefficient (Wildman–Crippen LogP) is 3.63. The van der Waals surface area contributed by atoms with E-state index in [1.54, 1.807) is 24.3 Å². The van der Waals surface area contributed by atoms with Crippen LogP contribution in [-0.4, -0.2) is 27.2 Å². The van der Waals surface area contributed by atoms with Gasteiger partial charge in [-0.15, -0.1) is 11.3 Å². The number of aliphatic carboxylic acids is 1. The van der Waals surface area contributed by atoms with Gasteiger partial charge in [-0.25, -0.2) is 0 Å². The average molecular weight is 383 g/mol. The van der Waals surface area contributed by atoms with Crippen LogP contribution < -0.4 is 5.32 Å². The maximum Gasteiger partial charge on any atom is 0.308 e. The van der Waals surface area contributed by atoms with E-state index in [0.717, 1.165) is 15.3 Å². The van der Waals surface area contributed by atoms with Crippen LogP contribution in [0.25, 0.3) is 10.4 Å². The van der Waals surface area contributed by atoms with Gasteiger partial charge in [0.05, 0.1) is 12.8 Å². The summed E-state index contributed by atoms with van der Waals surface area (Å²) >= 11 is 1.37. The van der Waals surface area contributed by atoms with E-state index in [2.05, 4.69) is 5.32 Å². The molecule has 0 spiro atoms. The fourth-order valence-corrected chi connectivity index (χ4v) is 3.67. The molecule has 0 aliphatic rings. The molecule has 1 amide bonds. The van der Waals surface area contributed by atoms with E-state index in [4.69, 9.17) is 5.11 Å². The van der Waals surface area contributed by atoms with E-state index < -0.39 is 5.97 Å². The SMILES string of the molecule is O=C(O)Cc1ccc(-c2ccccc2NC(=O)Cc2ccc(O)c(O)c2)s1. The van der Waals surface area contributed by atoms with Crippen LogP contribution in [0.2, 0.25) is 0 Å². The number of aromatic hydroxyl groups is 2. The zero-order chi connectivity index (χ0) is 19.4. The molecular weight excluding hydrogens is 366 g/mol. The molecule has 0 radical (unpaired) electrons. The van der Waals surface area contributed by atoms with Crippen molar-refractivity contribution in [1.82, 2.24) is 0 Å². The van der Waals surface area contributed by atoms with Gasteiger partial charge in [0.1, 0.15) is 0 Å². The number of hydrogen-bond donors (Lipinski definition) is 4. The first-order valence-corrected chi connectivity index (χ1v) is 8.94. The molecule has 0 fully saturated rings. The lowest BCUT2D eigenvalue weighted by atomic mass is 10.1. The van der Waals surface area contributed by atoms with Gasteiger partial charge < -0.3 is 20.6 Å². The molecular formula is C20H17NO5S. The van der Waals surface area contributed by atoms with Crippen molar-refractivity contribution in [1.29, 1.82) is 0 Å². The number of rotatable bonds is 6. The van der Waals surface area contributed by atoms with Gasteiger partial charge >= 0.3 is 5.97 Å². The molecule has 138 valence electrons. The topological polar surface area (TPSA) is 107 Å². The molecule has 0 aliphatic heterocycles. The molecule has 0 saturated heterocycles. The Labute approximate surface area is 159 Å². The number of thiophene rings is 1. The molecule has 0 bridgehead atoms. The van der Waals surface area contributed by atoms with Gasteiger partial charge in [-0.2, -0.15) is 0 Å². The number of hydrogen-bond acceptors (Lipinski definition) is 5. The summed E-state index contributed by atoms with van der Waals surface area (Å²) in [5.74, 6) is -1.67. The molecule has 0 saturated carbocycles. The van der Waals surface area contributed by atoms with E-state index in [1.807, 2.05) is 18.2 Å². The van der Waals surface area contributed by atoms with E-state index in [-0.39, 0.29) is 30.2 Å². The van der Waals surface area contributed by atoms with Crippen LogP contribution in [0.5, 0.6) is 11.5 Å². The third kappa shape index (κ3) is 4.65. The second-order valence-corrected chi connectivity index (χ2v) is 7.10. The third-order valence-electron chi connectivity index (χ3n) is 3.86. The summed E-state index contributed by atoms with van der Waals surface area (Å²) in [6, 6.07) is 15.1. The van der Waals surface area contributed by atoms with Gasteiger partial charge in [0.15, 0.2) is 11.5 Å². The van der Waals surface area contributed by atoms with Gasteiger partial charge in [-0.1, -0.05) is 24.3 Å². The van der Waals surface area contributed by atoms with Crippen molar-refractivity contribution >= 4 is 28.9 Å². The Kier molecular flexibility index (Phi) is 5.42. The summed E-state index contributed by atoms with van der Waals surface area (Å²) in [6.45, 7) is 0.